The van der Waals surface area contributed by atoms with Crippen LogP contribution in [0, 0.1) is 0 Å². The lowest BCUT2D eigenvalue weighted by atomic mass is 10.1. The van der Waals surface area contributed by atoms with Crippen molar-refractivity contribution in [3.05, 3.63) is 28.5 Å². The van der Waals surface area contributed by atoms with Gasteiger partial charge in [-0.3, -0.25) is 4.79 Å². The van der Waals surface area contributed by atoms with Gasteiger partial charge in [-0.2, -0.15) is 0 Å². The zero-order valence-electron chi connectivity index (χ0n) is 12.1. The largest absolute Gasteiger partial charge is 0.377 e. The summed E-state index contributed by atoms with van der Waals surface area (Å²) in [5, 5.41) is 0.389. The van der Waals surface area contributed by atoms with Crippen molar-refractivity contribution >= 4 is 17.5 Å². The van der Waals surface area contributed by atoms with Crippen LogP contribution < -0.4 is 0 Å². The Morgan fingerprint density at radius 3 is 3.00 bits per heavy atom. The highest BCUT2D eigenvalue weighted by molar-refractivity contribution is 6.29. The zero-order valence-corrected chi connectivity index (χ0v) is 12.8. The van der Waals surface area contributed by atoms with Crippen molar-refractivity contribution < 1.29 is 9.53 Å². The second kappa shape index (κ2) is 7.04. The third kappa shape index (κ3) is 3.49. The average molecular weight is 297 g/mol. The molecular formula is C15H21ClN2O2. The van der Waals surface area contributed by atoms with E-state index in [0.717, 1.165) is 25.0 Å². The maximum atomic E-state index is 12.7. The Hall–Kier alpha value is -1.13. The van der Waals surface area contributed by atoms with E-state index >= 15 is 0 Å². The fraction of sp³-hybridized carbons (Fsp3) is 0.600. The van der Waals surface area contributed by atoms with Gasteiger partial charge in [0.05, 0.1) is 19.3 Å². The van der Waals surface area contributed by atoms with Crippen molar-refractivity contribution in [2.75, 3.05) is 19.8 Å². The molecule has 1 aromatic heterocycles. The van der Waals surface area contributed by atoms with E-state index in [-0.39, 0.29) is 11.9 Å². The Kier molecular flexibility index (Phi) is 5.38. The standard InChI is InChI=1S/C15H21ClN2O2/c1-3-5-12-8-11(9-14(16)17-12)15(19)18-6-7-20-10-13(18)4-2/h8-9,13H,3-7,10H2,1-2H3. The highest BCUT2D eigenvalue weighted by Gasteiger charge is 2.27. The molecule has 1 aliphatic rings. The number of aromatic nitrogens is 1. The number of carbonyl (C=O) groups excluding carboxylic acids is 1. The summed E-state index contributed by atoms with van der Waals surface area (Å²) in [5.74, 6) is 0.0294. The molecule has 2 heterocycles. The van der Waals surface area contributed by atoms with E-state index in [9.17, 15) is 4.79 Å². The third-order valence-electron chi connectivity index (χ3n) is 3.56. The van der Waals surface area contributed by atoms with E-state index in [0.29, 0.717) is 30.5 Å². The number of nitrogens with zero attached hydrogens (tertiary/aromatic N) is 2. The second-order valence-electron chi connectivity index (χ2n) is 5.06. The molecule has 1 amide bonds. The first kappa shape index (κ1) is 15.3. The second-order valence-corrected chi connectivity index (χ2v) is 5.44. The zero-order chi connectivity index (χ0) is 14.5. The number of carbonyl (C=O) groups is 1. The topological polar surface area (TPSA) is 42.4 Å². The normalized spacial score (nSPS) is 19.1. The van der Waals surface area contributed by atoms with Gasteiger partial charge in [0.2, 0.25) is 0 Å². The van der Waals surface area contributed by atoms with Crippen molar-refractivity contribution in [2.45, 2.75) is 39.2 Å². The summed E-state index contributed by atoms with van der Waals surface area (Å²) in [6, 6.07) is 3.67. The molecule has 0 N–H and O–H groups in total. The highest BCUT2D eigenvalue weighted by atomic mass is 35.5. The van der Waals surface area contributed by atoms with Crippen molar-refractivity contribution in [2.24, 2.45) is 0 Å². The lowest BCUT2D eigenvalue weighted by molar-refractivity contribution is -0.00280. The van der Waals surface area contributed by atoms with E-state index in [2.05, 4.69) is 18.8 Å². The number of hydrogen-bond donors (Lipinski definition) is 0. The van der Waals surface area contributed by atoms with Crippen molar-refractivity contribution in [3.8, 4) is 0 Å². The molecule has 0 radical (unpaired) electrons. The highest BCUT2D eigenvalue weighted by Crippen LogP contribution is 2.18. The summed E-state index contributed by atoms with van der Waals surface area (Å²) < 4.78 is 5.44. The van der Waals surface area contributed by atoms with E-state index in [1.165, 1.54) is 0 Å². The van der Waals surface area contributed by atoms with Gasteiger partial charge in [-0.05, 0) is 25.0 Å². The van der Waals surface area contributed by atoms with E-state index in [4.69, 9.17) is 16.3 Å². The molecule has 1 fully saturated rings. The van der Waals surface area contributed by atoms with Crippen LogP contribution in [0.1, 0.15) is 42.7 Å². The van der Waals surface area contributed by atoms with Crippen molar-refractivity contribution in [1.82, 2.24) is 9.88 Å². The number of hydrogen-bond acceptors (Lipinski definition) is 3. The molecule has 2 rings (SSSR count). The number of morpholine rings is 1. The minimum Gasteiger partial charge on any atom is -0.377 e. The average Bonchev–Trinajstić information content (AvgIpc) is 2.46. The van der Waals surface area contributed by atoms with Crippen LogP contribution in [-0.4, -0.2) is 41.6 Å². The summed E-state index contributed by atoms with van der Waals surface area (Å²) in [6.07, 6.45) is 2.71. The van der Waals surface area contributed by atoms with Crippen LogP contribution in [0.2, 0.25) is 5.15 Å². The fourth-order valence-electron chi connectivity index (χ4n) is 2.49. The molecule has 0 saturated carbocycles. The van der Waals surface area contributed by atoms with Crippen LogP contribution in [-0.2, 0) is 11.2 Å². The predicted octanol–water partition coefficient (Wildman–Crippen LogP) is 2.94. The number of amides is 1. The fourth-order valence-corrected chi connectivity index (χ4v) is 2.71. The van der Waals surface area contributed by atoms with Gasteiger partial charge in [-0.25, -0.2) is 4.98 Å². The lowest BCUT2D eigenvalue weighted by Crippen LogP contribution is -2.48. The molecule has 0 bridgehead atoms. The number of halogens is 1. The van der Waals surface area contributed by atoms with Crippen LogP contribution >= 0.6 is 11.6 Å². The molecule has 4 nitrogen and oxygen atoms in total. The third-order valence-corrected chi connectivity index (χ3v) is 3.75. The molecule has 0 spiro atoms. The molecule has 1 unspecified atom stereocenters. The Balaban J connectivity index is 2.23. The molecule has 110 valence electrons. The molecule has 0 aromatic carbocycles. The summed E-state index contributed by atoms with van der Waals surface area (Å²) in [5.41, 5.74) is 1.51. The molecule has 1 atom stereocenters. The summed E-state index contributed by atoms with van der Waals surface area (Å²) in [4.78, 5) is 18.8. The smallest absolute Gasteiger partial charge is 0.254 e. The predicted molar refractivity (Wildman–Crippen MR) is 79.2 cm³/mol. The number of aryl methyl sites for hydroxylation is 1. The summed E-state index contributed by atoms with van der Waals surface area (Å²) in [7, 11) is 0. The summed E-state index contributed by atoms with van der Waals surface area (Å²) >= 11 is 6.03. The van der Waals surface area contributed by atoms with E-state index < -0.39 is 0 Å². The number of ether oxygens (including phenoxy) is 1. The first-order valence-electron chi connectivity index (χ1n) is 7.20. The molecule has 5 heteroatoms. The van der Waals surface area contributed by atoms with Gasteiger partial charge < -0.3 is 9.64 Å². The maximum absolute atomic E-state index is 12.7. The van der Waals surface area contributed by atoms with Gasteiger partial charge in [-0.1, -0.05) is 31.9 Å². The van der Waals surface area contributed by atoms with Crippen molar-refractivity contribution in [3.63, 3.8) is 0 Å². The molecule has 20 heavy (non-hydrogen) atoms. The first-order valence-corrected chi connectivity index (χ1v) is 7.58. The molecule has 0 aliphatic carbocycles. The van der Waals surface area contributed by atoms with Gasteiger partial charge >= 0.3 is 0 Å². The minimum absolute atomic E-state index is 0.0294. The van der Waals surface area contributed by atoms with Crippen LogP contribution in [0.4, 0.5) is 0 Å². The summed E-state index contributed by atoms with van der Waals surface area (Å²) in [6.45, 7) is 6.01. The molecule has 1 saturated heterocycles. The van der Waals surface area contributed by atoms with Crippen LogP contribution in [0.3, 0.4) is 0 Å². The maximum Gasteiger partial charge on any atom is 0.254 e. The van der Waals surface area contributed by atoms with Gasteiger partial charge in [0, 0.05) is 17.8 Å². The van der Waals surface area contributed by atoms with Gasteiger partial charge in [0.1, 0.15) is 5.15 Å². The first-order chi connectivity index (χ1) is 9.65. The van der Waals surface area contributed by atoms with E-state index in [1.807, 2.05) is 11.0 Å². The van der Waals surface area contributed by atoms with Crippen LogP contribution in [0.5, 0.6) is 0 Å². The SMILES string of the molecule is CCCc1cc(C(=O)N2CCOCC2CC)cc(Cl)n1. The van der Waals surface area contributed by atoms with Gasteiger partial charge in [-0.15, -0.1) is 0 Å². The van der Waals surface area contributed by atoms with Crippen LogP contribution in [0.15, 0.2) is 12.1 Å². The monoisotopic (exact) mass is 296 g/mol. The molecular weight excluding hydrogens is 276 g/mol. The van der Waals surface area contributed by atoms with Crippen LogP contribution in [0.25, 0.3) is 0 Å². The van der Waals surface area contributed by atoms with E-state index in [1.54, 1.807) is 6.07 Å². The number of pyridine rings is 1. The quantitative estimate of drug-likeness (QED) is 0.802. The lowest BCUT2D eigenvalue weighted by Gasteiger charge is -2.35. The Labute approximate surface area is 125 Å². The Morgan fingerprint density at radius 2 is 2.30 bits per heavy atom. The number of rotatable bonds is 4. The minimum atomic E-state index is 0.0294. The Morgan fingerprint density at radius 1 is 1.50 bits per heavy atom. The Bertz CT molecular complexity index is 479. The molecule has 1 aliphatic heterocycles. The van der Waals surface area contributed by atoms with Gasteiger partial charge in [0.25, 0.3) is 5.91 Å². The van der Waals surface area contributed by atoms with Gasteiger partial charge in [0.15, 0.2) is 0 Å². The van der Waals surface area contributed by atoms with Crippen molar-refractivity contribution in [1.29, 1.82) is 0 Å². The molecule has 1 aromatic rings.